The Morgan fingerprint density at radius 3 is 2.30 bits per heavy atom. The van der Waals surface area contributed by atoms with Gasteiger partial charge in [0, 0.05) is 68.1 Å². The average Bonchev–Trinajstić information content (AvgIpc) is 3.85. The summed E-state index contributed by atoms with van der Waals surface area (Å²) < 4.78 is 34.5. The monoisotopic (exact) mass is 657 g/mol. The second-order valence-corrected chi connectivity index (χ2v) is 13.7. The maximum atomic E-state index is 12.0. The lowest BCUT2D eigenvalue weighted by Crippen LogP contribution is -2.52. The fraction of sp³-hybridized carbons (Fsp3) is 0.419. The molecular formula is C31H37Cl2N7O3S. The van der Waals surface area contributed by atoms with Crippen molar-refractivity contribution >= 4 is 61.7 Å². The Morgan fingerprint density at radius 1 is 0.932 bits per heavy atom. The number of piperidine rings is 1. The molecule has 3 aliphatic rings. The van der Waals surface area contributed by atoms with Gasteiger partial charge in [0.25, 0.3) is 0 Å². The Balaban J connectivity index is 0.00000108. The summed E-state index contributed by atoms with van der Waals surface area (Å²) in [5, 5.41) is 4.63. The van der Waals surface area contributed by atoms with Crippen LogP contribution < -0.4 is 10.2 Å². The van der Waals surface area contributed by atoms with E-state index >= 15 is 0 Å². The minimum Gasteiger partial charge on any atom is -0.370 e. The molecule has 44 heavy (non-hydrogen) atoms. The number of piperazine rings is 1. The highest BCUT2D eigenvalue weighted by molar-refractivity contribution is 7.84. The van der Waals surface area contributed by atoms with Crippen LogP contribution in [0.15, 0.2) is 54.9 Å². The summed E-state index contributed by atoms with van der Waals surface area (Å²) in [6, 6.07) is 13.2. The molecule has 4 heterocycles. The van der Waals surface area contributed by atoms with Crippen molar-refractivity contribution < 1.29 is 13.0 Å². The highest BCUT2D eigenvalue weighted by Gasteiger charge is 2.27. The van der Waals surface area contributed by atoms with Crippen molar-refractivity contribution in [3.63, 3.8) is 0 Å². The van der Waals surface area contributed by atoms with E-state index in [0.717, 1.165) is 61.8 Å². The van der Waals surface area contributed by atoms with E-state index in [4.69, 9.17) is 23.2 Å². The summed E-state index contributed by atoms with van der Waals surface area (Å²) in [6.45, 7) is 6.47. The zero-order valence-corrected chi connectivity index (χ0v) is 27.0. The van der Waals surface area contributed by atoms with Crippen molar-refractivity contribution in [1.29, 1.82) is 0 Å². The van der Waals surface area contributed by atoms with Gasteiger partial charge in [-0.2, -0.15) is 8.42 Å². The molecule has 1 aliphatic carbocycles. The third kappa shape index (κ3) is 7.14. The molecule has 7 rings (SSSR count). The Kier molecular flexibility index (Phi) is 9.32. The SMILES string of the molecule is C1CC1.CN1CCN(C2CCN(c3ccc(Nc4ncc(Cl)c(-c5cn(S(=O)(=O)O)c6ccccc56)n4)cc3Cl)CC2)CC1. The van der Waals surface area contributed by atoms with Crippen LogP contribution in [-0.4, -0.2) is 89.1 Å². The van der Waals surface area contributed by atoms with Crippen molar-refractivity contribution in [3.8, 4) is 11.3 Å². The van der Waals surface area contributed by atoms with Crippen LogP contribution in [0, 0.1) is 0 Å². The first-order chi connectivity index (χ1) is 21.2. The summed E-state index contributed by atoms with van der Waals surface area (Å²) >= 11 is 13.2. The van der Waals surface area contributed by atoms with E-state index in [1.807, 2.05) is 18.2 Å². The maximum Gasteiger partial charge on any atom is 0.363 e. The molecule has 4 aromatic rings. The van der Waals surface area contributed by atoms with Gasteiger partial charge in [0.1, 0.15) is 0 Å². The summed E-state index contributed by atoms with van der Waals surface area (Å²) in [5.41, 5.74) is 2.80. The van der Waals surface area contributed by atoms with E-state index < -0.39 is 10.3 Å². The van der Waals surface area contributed by atoms with Crippen molar-refractivity contribution in [3.05, 3.63) is 64.9 Å². The lowest BCUT2D eigenvalue weighted by molar-refractivity contribution is 0.0982. The minimum absolute atomic E-state index is 0.238. The van der Waals surface area contributed by atoms with E-state index in [1.54, 1.807) is 24.3 Å². The molecule has 0 amide bonds. The highest BCUT2D eigenvalue weighted by atomic mass is 35.5. The Bertz CT molecular complexity index is 1730. The number of nitrogens with zero attached hydrogens (tertiary/aromatic N) is 6. The summed E-state index contributed by atoms with van der Waals surface area (Å²) in [6.07, 6.45) is 9.49. The fourth-order valence-electron chi connectivity index (χ4n) is 5.77. The van der Waals surface area contributed by atoms with Gasteiger partial charge in [0.15, 0.2) is 0 Å². The van der Waals surface area contributed by atoms with Crippen LogP contribution in [0.5, 0.6) is 0 Å². The first-order valence-corrected chi connectivity index (χ1v) is 17.2. The number of para-hydroxylation sites is 1. The molecule has 13 heteroatoms. The van der Waals surface area contributed by atoms with E-state index in [9.17, 15) is 13.0 Å². The standard InChI is InChI=1S/C28H31Cl2N7O3S.C3H6/c1-34-12-14-35(15-13-34)20-8-10-36(11-9-20)26-7-6-19(16-23(26)29)32-28-31-17-24(30)27(33-28)22-18-37(41(38,39)40)25-5-3-2-4-21(22)25;1-2-3-1/h2-7,16-18,20H,8-15H2,1H3,(H,31,32,33)(H,38,39,40);1-3H2. The molecule has 2 aromatic heterocycles. The molecule has 0 bridgehead atoms. The van der Waals surface area contributed by atoms with E-state index in [1.165, 1.54) is 31.7 Å². The quantitative estimate of drug-likeness (QED) is 0.235. The summed E-state index contributed by atoms with van der Waals surface area (Å²) in [5.74, 6) is 0.268. The molecule has 1 saturated carbocycles. The molecule has 234 valence electrons. The molecule has 2 aliphatic heterocycles. The molecule has 2 N–H and O–H groups in total. The van der Waals surface area contributed by atoms with Crippen LogP contribution in [0.4, 0.5) is 17.3 Å². The molecule has 3 fully saturated rings. The smallest absolute Gasteiger partial charge is 0.363 e. The third-order valence-corrected chi connectivity index (χ3v) is 9.72. The maximum absolute atomic E-state index is 12.0. The van der Waals surface area contributed by atoms with Crippen LogP contribution in [0.3, 0.4) is 0 Å². The second-order valence-electron chi connectivity index (χ2n) is 11.6. The number of rotatable bonds is 6. The largest absolute Gasteiger partial charge is 0.370 e. The van der Waals surface area contributed by atoms with Gasteiger partial charge >= 0.3 is 10.3 Å². The third-order valence-electron chi connectivity index (χ3n) is 8.34. The van der Waals surface area contributed by atoms with Gasteiger partial charge in [0.05, 0.1) is 33.1 Å². The van der Waals surface area contributed by atoms with Gasteiger partial charge in [0.2, 0.25) is 5.95 Å². The first-order valence-electron chi connectivity index (χ1n) is 15.0. The highest BCUT2D eigenvalue weighted by Crippen LogP contribution is 2.36. The zero-order valence-electron chi connectivity index (χ0n) is 24.7. The lowest BCUT2D eigenvalue weighted by Gasteiger charge is -2.42. The normalized spacial score (nSPS) is 18.2. The van der Waals surface area contributed by atoms with Gasteiger partial charge < -0.3 is 15.1 Å². The van der Waals surface area contributed by atoms with E-state index in [-0.39, 0.29) is 11.0 Å². The number of aromatic nitrogens is 3. The van der Waals surface area contributed by atoms with Crippen molar-refractivity contribution in [2.24, 2.45) is 0 Å². The Morgan fingerprint density at radius 2 is 1.64 bits per heavy atom. The number of fused-ring (bicyclic) bond motifs is 1. The van der Waals surface area contributed by atoms with Crippen molar-refractivity contribution in [2.75, 3.05) is 56.5 Å². The number of halogens is 2. The molecule has 2 aromatic carbocycles. The second kappa shape index (κ2) is 13.2. The van der Waals surface area contributed by atoms with Gasteiger partial charge in [-0.3, -0.25) is 9.45 Å². The Labute approximate surface area is 268 Å². The number of benzene rings is 2. The van der Waals surface area contributed by atoms with Gasteiger partial charge in [-0.25, -0.2) is 13.9 Å². The van der Waals surface area contributed by atoms with Crippen LogP contribution >= 0.6 is 23.2 Å². The lowest BCUT2D eigenvalue weighted by atomic mass is 10.0. The zero-order chi connectivity index (χ0) is 30.8. The molecular weight excluding hydrogens is 621 g/mol. The fourth-order valence-corrected chi connectivity index (χ4v) is 6.91. The molecule has 0 unspecified atom stereocenters. The predicted molar refractivity (Wildman–Crippen MR) is 178 cm³/mol. The van der Waals surface area contributed by atoms with Crippen LogP contribution in [-0.2, 0) is 10.3 Å². The molecule has 0 radical (unpaired) electrons. The number of hydrogen-bond acceptors (Lipinski definition) is 8. The molecule has 2 saturated heterocycles. The van der Waals surface area contributed by atoms with E-state index in [0.29, 0.717) is 38.9 Å². The summed E-state index contributed by atoms with van der Waals surface area (Å²) in [4.78, 5) is 16.3. The van der Waals surface area contributed by atoms with Gasteiger partial charge in [-0.15, -0.1) is 0 Å². The number of anilines is 3. The number of likely N-dealkylation sites (N-methyl/N-ethyl adjacent to an activating group) is 1. The van der Waals surface area contributed by atoms with Crippen LogP contribution in [0.25, 0.3) is 22.2 Å². The average molecular weight is 659 g/mol. The summed E-state index contributed by atoms with van der Waals surface area (Å²) in [7, 11) is -2.34. The number of hydrogen-bond donors (Lipinski definition) is 2. The molecule has 0 atom stereocenters. The van der Waals surface area contributed by atoms with Crippen molar-refractivity contribution in [2.45, 2.75) is 38.1 Å². The Hall–Kier alpha value is -2.93. The topological polar surface area (TPSA) is 107 Å². The predicted octanol–water partition coefficient (Wildman–Crippen LogP) is 6.19. The van der Waals surface area contributed by atoms with Gasteiger partial charge in [-0.05, 0) is 44.2 Å². The van der Waals surface area contributed by atoms with E-state index in [2.05, 4.69) is 37.0 Å². The minimum atomic E-state index is -4.53. The van der Waals surface area contributed by atoms with Crippen molar-refractivity contribution in [1.82, 2.24) is 23.7 Å². The van der Waals surface area contributed by atoms with Gasteiger partial charge in [-0.1, -0.05) is 60.7 Å². The van der Waals surface area contributed by atoms with Crippen LogP contribution in [0.1, 0.15) is 32.1 Å². The molecule has 10 nitrogen and oxygen atoms in total. The van der Waals surface area contributed by atoms with Crippen LogP contribution in [0.2, 0.25) is 10.0 Å². The number of nitrogens with one attached hydrogen (secondary N) is 1. The first kappa shape index (κ1) is 31.1. The molecule has 0 spiro atoms.